The summed E-state index contributed by atoms with van der Waals surface area (Å²) in [7, 11) is 0. The molecule has 1 heterocycles. The summed E-state index contributed by atoms with van der Waals surface area (Å²) in [4.78, 5) is 24.6. The van der Waals surface area contributed by atoms with E-state index in [-0.39, 0.29) is 12.2 Å². The number of carbonyl (C=O) groups is 2. The lowest BCUT2D eigenvalue weighted by Crippen LogP contribution is -1.93. The van der Waals surface area contributed by atoms with Crippen molar-refractivity contribution >= 4 is 29.2 Å². The minimum Gasteiger partial charge on any atom is -0.481 e. The zero-order valence-electron chi connectivity index (χ0n) is 14.1. The number of ketones is 1. The van der Waals surface area contributed by atoms with Crippen LogP contribution in [0.3, 0.4) is 0 Å². The summed E-state index contributed by atoms with van der Waals surface area (Å²) in [6.07, 6.45) is 12.8. The molecule has 128 valence electrons. The van der Waals surface area contributed by atoms with E-state index in [1.54, 1.807) is 17.4 Å². The molecule has 3 nitrogen and oxygen atoms in total. The van der Waals surface area contributed by atoms with Gasteiger partial charge in [0.25, 0.3) is 0 Å². The minimum atomic E-state index is -0.705. The van der Waals surface area contributed by atoms with Gasteiger partial charge in [-0.3, -0.25) is 9.59 Å². The van der Waals surface area contributed by atoms with Crippen LogP contribution in [0.1, 0.15) is 74.5 Å². The Balaban J connectivity index is 2.21. The predicted octanol–water partition coefficient (Wildman–Crippen LogP) is 5.49. The van der Waals surface area contributed by atoms with Gasteiger partial charge in [0.05, 0.1) is 0 Å². The van der Waals surface area contributed by atoms with Crippen LogP contribution in [0.4, 0.5) is 0 Å². The molecule has 0 fully saturated rings. The van der Waals surface area contributed by atoms with Gasteiger partial charge in [-0.2, -0.15) is 0 Å². The number of hydrogen-bond acceptors (Lipinski definition) is 3. The third kappa shape index (κ3) is 10.1. The minimum absolute atomic E-state index is 0.215. The molecule has 0 unspecified atom stereocenters. The number of carbonyl (C=O) groups excluding carboxylic acids is 1. The van der Waals surface area contributed by atoms with Crippen molar-refractivity contribution in [3.05, 3.63) is 28.0 Å². The smallest absolute Gasteiger partial charge is 0.303 e. The van der Waals surface area contributed by atoms with Gasteiger partial charge in [0.1, 0.15) is 0 Å². The van der Waals surface area contributed by atoms with E-state index in [0.717, 1.165) is 56.2 Å². The first-order valence-electron chi connectivity index (χ1n) is 8.63. The Bertz CT molecular complexity index is 502. The molecule has 23 heavy (non-hydrogen) atoms. The normalized spacial score (nSPS) is 11.2. The van der Waals surface area contributed by atoms with Gasteiger partial charge in [-0.05, 0) is 50.0 Å². The molecule has 0 aromatic carbocycles. The second-order valence-corrected chi connectivity index (χ2v) is 7.07. The van der Waals surface area contributed by atoms with Crippen LogP contribution >= 0.6 is 11.3 Å². The highest BCUT2D eigenvalue weighted by Crippen LogP contribution is 2.20. The highest BCUT2D eigenvalue weighted by atomic mass is 32.1. The Morgan fingerprint density at radius 1 is 1.04 bits per heavy atom. The first-order chi connectivity index (χ1) is 11.1. The number of thiophene rings is 1. The summed E-state index contributed by atoms with van der Waals surface area (Å²) in [5.74, 6) is -0.490. The number of carboxylic acids is 1. The van der Waals surface area contributed by atoms with Crippen molar-refractivity contribution in [1.29, 1.82) is 0 Å². The molecule has 1 aromatic heterocycles. The molecule has 4 heteroatoms. The molecule has 0 aliphatic rings. The highest BCUT2D eigenvalue weighted by Gasteiger charge is 2.01. The summed E-state index contributed by atoms with van der Waals surface area (Å²) in [5.41, 5.74) is 0. The van der Waals surface area contributed by atoms with Crippen LogP contribution in [0.5, 0.6) is 0 Å². The van der Waals surface area contributed by atoms with Crippen molar-refractivity contribution in [2.24, 2.45) is 0 Å². The van der Waals surface area contributed by atoms with Crippen LogP contribution in [-0.2, 0) is 16.0 Å². The first-order valence-corrected chi connectivity index (χ1v) is 9.45. The van der Waals surface area contributed by atoms with Crippen LogP contribution in [0.2, 0.25) is 0 Å². The molecule has 0 spiro atoms. The van der Waals surface area contributed by atoms with Crippen LogP contribution < -0.4 is 0 Å². The third-order valence-electron chi connectivity index (χ3n) is 3.71. The molecular formula is C19H28O3S. The fourth-order valence-electron chi connectivity index (χ4n) is 2.36. The molecule has 0 amide bonds. The topological polar surface area (TPSA) is 54.4 Å². The van der Waals surface area contributed by atoms with Crippen molar-refractivity contribution in [3.8, 4) is 0 Å². The van der Waals surface area contributed by atoms with Crippen molar-refractivity contribution < 1.29 is 14.7 Å². The fourth-order valence-corrected chi connectivity index (χ4v) is 3.31. The van der Waals surface area contributed by atoms with Gasteiger partial charge < -0.3 is 5.11 Å². The molecule has 1 rings (SSSR count). The number of hydrogen-bond donors (Lipinski definition) is 1. The zero-order valence-corrected chi connectivity index (χ0v) is 14.9. The van der Waals surface area contributed by atoms with E-state index in [1.807, 2.05) is 6.08 Å². The Morgan fingerprint density at radius 3 is 2.52 bits per heavy atom. The molecule has 0 bridgehead atoms. The maximum atomic E-state index is 11.7. The van der Waals surface area contributed by atoms with E-state index in [1.165, 1.54) is 4.88 Å². The molecule has 0 saturated heterocycles. The number of rotatable bonds is 13. The number of aliphatic carboxylic acids is 1. The number of unbranched alkanes of at least 4 members (excludes halogenated alkanes) is 5. The van der Waals surface area contributed by atoms with E-state index in [9.17, 15) is 9.59 Å². The zero-order chi connectivity index (χ0) is 16.9. The van der Waals surface area contributed by atoms with Crippen molar-refractivity contribution in [2.45, 2.75) is 71.1 Å². The van der Waals surface area contributed by atoms with Crippen molar-refractivity contribution in [1.82, 2.24) is 0 Å². The van der Waals surface area contributed by atoms with E-state index in [4.69, 9.17) is 5.11 Å². The first kappa shape index (κ1) is 19.6. The molecule has 1 aromatic rings. The molecule has 0 aliphatic carbocycles. The summed E-state index contributed by atoms with van der Waals surface area (Å²) in [5, 5.41) is 8.57. The SMILES string of the molecule is CCCCCC(=O)/C=C/c1ccc(CCCCCCC(=O)O)s1. The summed E-state index contributed by atoms with van der Waals surface area (Å²) in [6, 6.07) is 4.20. The number of aryl methyl sites for hydroxylation is 1. The van der Waals surface area contributed by atoms with Gasteiger partial charge in [-0.15, -0.1) is 11.3 Å². The monoisotopic (exact) mass is 336 g/mol. The molecule has 1 N–H and O–H groups in total. The van der Waals surface area contributed by atoms with Gasteiger partial charge in [0.2, 0.25) is 0 Å². The van der Waals surface area contributed by atoms with Crippen molar-refractivity contribution in [2.75, 3.05) is 0 Å². The summed E-state index contributed by atoms with van der Waals surface area (Å²) >= 11 is 1.74. The van der Waals surface area contributed by atoms with Crippen LogP contribution in [0.25, 0.3) is 6.08 Å². The lowest BCUT2D eigenvalue weighted by molar-refractivity contribution is -0.137. The standard InChI is InChI=1S/C19H28O3S/c1-2-3-6-9-16(20)12-13-18-15-14-17(23-18)10-7-4-5-8-11-19(21)22/h12-15H,2-11H2,1H3,(H,21,22)/b13-12+. The van der Waals surface area contributed by atoms with Crippen molar-refractivity contribution in [3.63, 3.8) is 0 Å². The maximum absolute atomic E-state index is 11.7. The van der Waals surface area contributed by atoms with Crippen LogP contribution in [-0.4, -0.2) is 16.9 Å². The lowest BCUT2D eigenvalue weighted by atomic mass is 10.1. The average Bonchev–Trinajstić information content (AvgIpc) is 2.96. The fraction of sp³-hybridized carbons (Fsp3) is 0.579. The molecule has 0 atom stereocenters. The number of allylic oxidation sites excluding steroid dienone is 1. The van der Waals surface area contributed by atoms with Gasteiger partial charge in [-0.25, -0.2) is 0 Å². The maximum Gasteiger partial charge on any atom is 0.303 e. The highest BCUT2D eigenvalue weighted by molar-refractivity contribution is 7.12. The van der Waals surface area contributed by atoms with Gasteiger partial charge >= 0.3 is 5.97 Å². The Labute approximate surface area is 143 Å². The Hall–Kier alpha value is -1.42. The van der Waals surface area contributed by atoms with Crippen LogP contribution in [0.15, 0.2) is 18.2 Å². The summed E-state index contributed by atoms with van der Waals surface area (Å²) < 4.78 is 0. The van der Waals surface area contributed by atoms with Gasteiger partial charge in [0, 0.05) is 22.6 Å². The van der Waals surface area contributed by atoms with Crippen LogP contribution in [0, 0.1) is 0 Å². The second-order valence-electron chi connectivity index (χ2n) is 5.87. The quantitative estimate of drug-likeness (QED) is 0.383. The molecule has 0 saturated carbocycles. The summed E-state index contributed by atoms with van der Waals surface area (Å²) in [6.45, 7) is 2.14. The number of carboxylic acid groups (broad SMARTS) is 1. The average molecular weight is 336 g/mol. The van der Waals surface area contributed by atoms with E-state index in [0.29, 0.717) is 6.42 Å². The Kier molecular flexibility index (Phi) is 10.3. The Morgan fingerprint density at radius 2 is 1.78 bits per heavy atom. The third-order valence-corrected chi connectivity index (χ3v) is 4.82. The molecule has 0 aliphatic heterocycles. The lowest BCUT2D eigenvalue weighted by Gasteiger charge is -1.98. The van der Waals surface area contributed by atoms with E-state index >= 15 is 0 Å². The van der Waals surface area contributed by atoms with E-state index < -0.39 is 5.97 Å². The largest absolute Gasteiger partial charge is 0.481 e. The van der Waals surface area contributed by atoms with Gasteiger partial charge in [-0.1, -0.05) is 32.6 Å². The molecular weight excluding hydrogens is 308 g/mol. The molecule has 0 radical (unpaired) electrons. The second kappa shape index (κ2) is 12.1. The van der Waals surface area contributed by atoms with E-state index in [2.05, 4.69) is 19.1 Å². The predicted molar refractivity (Wildman–Crippen MR) is 96.9 cm³/mol. The van der Waals surface area contributed by atoms with Gasteiger partial charge in [0.15, 0.2) is 5.78 Å².